The van der Waals surface area contributed by atoms with Crippen LogP contribution in [0.25, 0.3) is 5.53 Å². The Labute approximate surface area is 88.2 Å². The molecule has 1 amide bonds. The zero-order valence-electron chi connectivity index (χ0n) is 7.91. The zero-order valence-corrected chi connectivity index (χ0v) is 7.91. The maximum absolute atomic E-state index is 10.6. The first-order valence-electron chi connectivity index (χ1n) is 3.99. The van der Waals surface area contributed by atoms with E-state index in [0.29, 0.717) is 17.7 Å². The normalized spacial score (nSPS) is 14.5. The molecule has 0 aromatic carbocycles. The minimum atomic E-state index is -6.00. The highest BCUT2D eigenvalue weighted by atomic mass is 19.5. The number of carbonyl (C=O) groups is 1. The monoisotopic (exact) mass is 236 g/mol. The van der Waals surface area contributed by atoms with Gasteiger partial charge in [0, 0.05) is 11.6 Å². The first-order valence-corrected chi connectivity index (χ1v) is 3.99. The van der Waals surface area contributed by atoms with Crippen molar-refractivity contribution >= 4 is 18.9 Å². The molecule has 0 radical (unpaired) electrons. The van der Waals surface area contributed by atoms with Gasteiger partial charge in [0.15, 0.2) is 0 Å². The quantitative estimate of drug-likeness (QED) is 0.317. The van der Waals surface area contributed by atoms with Gasteiger partial charge in [-0.2, -0.15) is 4.79 Å². The molecule has 0 aliphatic heterocycles. The van der Waals surface area contributed by atoms with Crippen molar-refractivity contribution in [2.24, 2.45) is 5.73 Å². The van der Waals surface area contributed by atoms with Crippen LogP contribution >= 0.6 is 0 Å². The number of hydrogen-bond donors (Lipinski definition) is 1. The van der Waals surface area contributed by atoms with Gasteiger partial charge in [-0.3, -0.25) is 4.79 Å². The number of amides is 1. The molecular weight excluding hydrogens is 229 g/mol. The molecule has 2 N–H and O–H groups in total. The van der Waals surface area contributed by atoms with E-state index < -0.39 is 13.2 Å². The second-order valence-electron chi connectivity index (χ2n) is 2.68. The standard InChI is InChI=1S/C7H7N3O.BF4/c8-7(11)5-2-1-3-6(4-5)10-9;2-1(3,4)5/h1-3H,4H2,(H2,8,11);/q;-1. The van der Waals surface area contributed by atoms with Crippen LogP contribution in [-0.4, -0.2) is 23.7 Å². The molecule has 0 saturated heterocycles. The lowest BCUT2D eigenvalue weighted by Crippen LogP contribution is -2.17. The Bertz CT molecular complexity index is 376. The van der Waals surface area contributed by atoms with Gasteiger partial charge in [0.05, 0.1) is 6.42 Å². The highest BCUT2D eigenvalue weighted by Gasteiger charge is 2.20. The smallest absolute Gasteiger partial charge is 0.418 e. The molecule has 1 aliphatic carbocycles. The minimum Gasteiger partial charge on any atom is -0.418 e. The Morgan fingerprint density at radius 1 is 1.44 bits per heavy atom. The molecule has 1 aliphatic rings. The van der Waals surface area contributed by atoms with E-state index in [1.807, 2.05) is 0 Å². The third-order valence-corrected chi connectivity index (χ3v) is 1.40. The van der Waals surface area contributed by atoms with Crippen LogP contribution in [0.1, 0.15) is 6.42 Å². The van der Waals surface area contributed by atoms with Crippen LogP contribution in [0, 0.1) is 0 Å². The Morgan fingerprint density at radius 2 is 1.94 bits per heavy atom. The SMILES string of the molecule is F[B-](F)(F)F.[N-]=[N+]=C1C=CC=C(C(N)=O)C1. The van der Waals surface area contributed by atoms with E-state index in [9.17, 15) is 22.1 Å². The summed E-state index contributed by atoms with van der Waals surface area (Å²) in [5.74, 6) is -0.476. The van der Waals surface area contributed by atoms with E-state index in [4.69, 9.17) is 11.3 Å². The largest absolute Gasteiger partial charge is 0.673 e. The van der Waals surface area contributed by atoms with Crippen LogP contribution in [0.15, 0.2) is 23.8 Å². The summed E-state index contributed by atoms with van der Waals surface area (Å²) in [4.78, 5) is 13.6. The Hall–Kier alpha value is -1.89. The van der Waals surface area contributed by atoms with Gasteiger partial charge in [-0.15, -0.1) is 0 Å². The summed E-state index contributed by atoms with van der Waals surface area (Å²) < 4.78 is 39.0. The van der Waals surface area contributed by atoms with E-state index in [-0.39, 0.29) is 0 Å². The molecular formula is C7H7BF4N3O-. The van der Waals surface area contributed by atoms with E-state index in [2.05, 4.69) is 4.79 Å². The molecule has 0 saturated carbocycles. The van der Waals surface area contributed by atoms with Crippen LogP contribution < -0.4 is 5.73 Å². The number of rotatable bonds is 1. The molecule has 4 nitrogen and oxygen atoms in total. The van der Waals surface area contributed by atoms with Gasteiger partial charge in [0.2, 0.25) is 5.91 Å². The summed E-state index contributed by atoms with van der Waals surface area (Å²) in [6, 6.07) is 0. The van der Waals surface area contributed by atoms with Gasteiger partial charge < -0.3 is 28.5 Å². The molecule has 0 aromatic heterocycles. The molecule has 88 valence electrons. The third kappa shape index (κ3) is 7.51. The number of nitrogens with zero attached hydrogens (tertiary/aromatic N) is 2. The molecule has 0 aromatic rings. The molecule has 0 spiro atoms. The average Bonchev–Trinajstić information content (AvgIpc) is 2.15. The highest BCUT2D eigenvalue weighted by Crippen LogP contribution is 2.07. The Balaban J connectivity index is 0.000000385. The van der Waals surface area contributed by atoms with Crippen molar-refractivity contribution in [3.05, 3.63) is 29.3 Å². The first kappa shape index (κ1) is 14.1. The van der Waals surface area contributed by atoms with E-state index in [1.165, 1.54) is 0 Å². The van der Waals surface area contributed by atoms with E-state index in [0.717, 1.165) is 0 Å². The van der Waals surface area contributed by atoms with Crippen LogP contribution in [0.5, 0.6) is 0 Å². The molecule has 9 heteroatoms. The fraction of sp³-hybridized carbons (Fsp3) is 0.143. The second kappa shape index (κ2) is 5.87. The van der Waals surface area contributed by atoms with Crippen LogP contribution in [0.2, 0.25) is 0 Å². The molecule has 0 atom stereocenters. The van der Waals surface area contributed by atoms with Crippen LogP contribution in [0.3, 0.4) is 0 Å². The lowest BCUT2D eigenvalue weighted by Gasteiger charge is -1.99. The number of primary amides is 1. The van der Waals surface area contributed by atoms with E-state index >= 15 is 0 Å². The van der Waals surface area contributed by atoms with Crippen molar-refractivity contribution in [2.45, 2.75) is 6.42 Å². The third-order valence-electron chi connectivity index (χ3n) is 1.40. The Kier molecular flexibility index (Phi) is 5.17. The average molecular weight is 236 g/mol. The lowest BCUT2D eigenvalue weighted by atomic mass is 10.0. The fourth-order valence-electron chi connectivity index (χ4n) is 0.826. The Morgan fingerprint density at radius 3 is 2.31 bits per heavy atom. The van der Waals surface area contributed by atoms with Crippen molar-refractivity contribution in [2.75, 3.05) is 0 Å². The highest BCUT2D eigenvalue weighted by molar-refractivity contribution is 6.50. The van der Waals surface area contributed by atoms with Crippen molar-refractivity contribution in [3.63, 3.8) is 0 Å². The van der Waals surface area contributed by atoms with Gasteiger partial charge in [0.25, 0.3) is 5.71 Å². The van der Waals surface area contributed by atoms with Crippen molar-refractivity contribution < 1.29 is 26.8 Å². The molecule has 1 rings (SSSR count). The fourth-order valence-corrected chi connectivity index (χ4v) is 0.826. The molecule has 0 unspecified atom stereocenters. The van der Waals surface area contributed by atoms with Gasteiger partial charge in [0.1, 0.15) is 0 Å². The topological polar surface area (TPSA) is 79.5 Å². The molecule has 0 heterocycles. The minimum absolute atomic E-state index is 0.308. The van der Waals surface area contributed by atoms with Crippen molar-refractivity contribution in [1.29, 1.82) is 0 Å². The number of carbonyl (C=O) groups excluding carboxylic acids is 1. The molecule has 16 heavy (non-hydrogen) atoms. The maximum atomic E-state index is 10.6. The van der Waals surface area contributed by atoms with Crippen LogP contribution in [0.4, 0.5) is 17.3 Å². The summed E-state index contributed by atoms with van der Waals surface area (Å²) in [6.45, 7) is 0. The number of hydrogen-bond acceptors (Lipinski definition) is 1. The molecule has 0 bridgehead atoms. The van der Waals surface area contributed by atoms with Gasteiger partial charge >= 0.3 is 7.25 Å². The van der Waals surface area contributed by atoms with Crippen LogP contribution in [-0.2, 0) is 4.79 Å². The maximum Gasteiger partial charge on any atom is 0.673 e. The summed E-state index contributed by atoms with van der Waals surface area (Å²) in [6.07, 6.45) is 5.16. The van der Waals surface area contributed by atoms with Gasteiger partial charge in [-0.1, -0.05) is 12.2 Å². The molecule has 0 fully saturated rings. The number of allylic oxidation sites excluding steroid dienone is 3. The predicted molar refractivity (Wildman–Crippen MR) is 49.8 cm³/mol. The first-order chi connectivity index (χ1) is 7.24. The number of nitrogens with two attached hydrogens (primary N) is 1. The summed E-state index contributed by atoms with van der Waals surface area (Å²) in [7, 11) is -6.00. The predicted octanol–water partition coefficient (Wildman–Crippen LogP) is 1.33. The zero-order chi connectivity index (χ0) is 12.8. The summed E-state index contributed by atoms with van der Waals surface area (Å²) in [5, 5.41) is 0. The van der Waals surface area contributed by atoms with Crippen molar-refractivity contribution in [1.82, 2.24) is 0 Å². The van der Waals surface area contributed by atoms with E-state index in [1.54, 1.807) is 18.2 Å². The van der Waals surface area contributed by atoms with Crippen molar-refractivity contribution in [3.8, 4) is 0 Å². The lowest BCUT2D eigenvalue weighted by molar-refractivity contribution is -0.114. The summed E-state index contributed by atoms with van der Waals surface area (Å²) >= 11 is 0. The van der Waals surface area contributed by atoms with Gasteiger partial charge in [-0.05, 0) is 0 Å². The summed E-state index contributed by atoms with van der Waals surface area (Å²) in [5.41, 5.74) is 14.3. The second-order valence-corrected chi connectivity index (χ2v) is 2.68. The van der Waals surface area contributed by atoms with Gasteiger partial charge in [-0.25, -0.2) is 0 Å². The number of halogens is 4.